The maximum absolute atomic E-state index is 10.7. The van der Waals surface area contributed by atoms with Gasteiger partial charge in [-0.3, -0.25) is 0 Å². The fourth-order valence-electron chi connectivity index (χ4n) is 3.66. The lowest BCUT2D eigenvalue weighted by molar-refractivity contribution is -0.243. The van der Waals surface area contributed by atoms with Crippen LogP contribution in [-0.4, -0.2) is 21.9 Å². The molecule has 2 fully saturated rings. The van der Waals surface area contributed by atoms with E-state index in [-0.39, 0.29) is 16.9 Å². The summed E-state index contributed by atoms with van der Waals surface area (Å²) >= 11 is 0. The van der Waals surface area contributed by atoms with Crippen LogP contribution in [0.15, 0.2) is 0 Å². The van der Waals surface area contributed by atoms with E-state index in [0.717, 1.165) is 32.1 Å². The van der Waals surface area contributed by atoms with E-state index in [9.17, 15) is 10.2 Å². The zero-order valence-electron chi connectivity index (χ0n) is 9.51. The molecule has 2 nitrogen and oxygen atoms in total. The molecule has 2 aliphatic rings. The summed E-state index contributed by atoms with van der Waals surface area (Å²) in [5.74, 6) is 0. The van der Waals surface area contributed by atoms with Gasteiger partial charge in [0.25, 0.3) is 0 Å². The van der Waals surface area contributed by atoms with E-state index in [1.807, 2.05) is 13.8 Å². The molecule has 4 atom stereocenters. The monoisotopic (exact) mass is 198 g/mol. The summed E-state index contributed by atoms with van der Waals surface area (Å²) in [6.07, 6.45) is 4.67. The van der Waals surface area contributed by atoms with Crippen LogP contribution in [-0.2, 0) is 0 Å². The van der Waals surface area contributed by atoms with E-state index in [0.29, 0.717) is 0 Å². The number of aliphatic hydroxyl groups excluding tert-OH is 1. The summed E-state index contributed by atoms with van der Waals surface area (Å²) < 4.78 is 0. The first-order chi connectivity index (χ1) is 6.33. The molecule has 2 N–H and O–H groups in total. The summed E-state index contributed by atoms with van der Waals surface area (Å²) in [6, 6.07) is 0. The van der Waals surface area contributed by atoms with Crippen LogP contribution in [0.4, 0.5) is 0 Å². The number of rotatable bonds is 0. The second-order valence-corrected chi connectivity index (χ2v) is 5.96. The molecule has 0 aromatic carbocycles. The SMILES string of the molecule is CC1(O)[C@@]2(C)CCC[C@]1(C)[C@@H](O)CC2. The summed E-state index contributed by atoms with van der Waals surface area (Å²) in [7, 11) is 0. The Labute approximate surface area is 86.3 Å². The van der Waals surface area contributed by atoms with Crippen LogP contribution < -0.4 is 0 Å². The molecule has 82 valence electrons. The van der Waals surface area contributed by atoms with Crippen molar-refractivity contribution in [2.45, 2.75) is 64.6 Å². The van der Waals surface area contributed by atoms with Gasteiger partial charge in [0, 0.05) is 5.41 Å². The normalized spacial score (nSPS) is 58.5. The van der Waals surface area contributed by atoms with Crippen LogP contribution in [0.2, 0.25) is 0 Å². The van der Waals surface area contributed by atoms with Crippen molar-refractivity contribution in [1.29, 1.82) is 0 Å². The predicted octanol–water partition coefficient (Wildman–Crippen LogP) is 2.09. The van der Waals surface area contributed by atoms with Crippen molar-refractivity contribution in [2.75, 3.05) is 0 Å². The van der Waals surface area contributed by atoms with Crippen LogP contribution in [0, 0.1) is 10.8 Å². The highest BCUT2D eigenvalue weighted by Gasteiger charge is 2.62. The maximum atomic E-state index is 10.7. The molecule has 0 saturated heterocycles. The Morgan fingerprint density at radius 2 is 1.71 bits per heavy atom. The quantitative estimate of drug-likeness (QED) is 0.625. The van der Waals surface area contributed by atoms with Crippen LogP contribution in [0.1, 0.15) is 52.9 Å². The van der Waals surface area contributed by atoms with E-state index < -0.39 is 5.60 Å². The Hall–Kier alpha value is -0.0800. The van der Waals surface area contributed by atoms with E-state index >= 15 is 0 Å². The zero-order valence-corrected chi connectivity index (χ0v) is 9.51. The van der Waals surface area contributed by atoms with Crippen molar-refractivity contribution in [3.05, 3.63) is 0 Å². The van der Waals surface area contributed by atoms with Gasteiger partial charge in [0.2, 0.25) is 0 Å². The average Bonchev–Trinajstić information content (AvgIpc) is 2.09. The van der Waals surface area contributed by atoms with Gasteiger partial charge in [-0.2, -0.15) is 0 Å². The molecule has 2 heteroatoms. The first kappa shape index (κ1) is 10.4. The van der Waals surface area contributed by atoms with E-state index in [4.69, 9.17) is 0 Å². The van der Waals surface area contributed by atoms with Gasteiger partial charge in [-0.25, -0.2) is 0 Å². The van der Waals surface area contributed by atoms with E-state index in [1.54, 1.807) is 0 Å². The molecule has 2 rings (SSSR count). The zero-order chi connectivity index (χ0) is 10.6. The minimum atomic E-state index is -0.712. The molecular weight excluding hydrogens is 176 g/mol. The van der Waals surface area contributed by atoms with Gasteiger partial charge in [0.05, 0.1) is 11.7 Å². The van der Waals surface area contributed by atoms with Gasteiger partial charge >= 0.3 is 0 Å². The fraction of sp³-hybridized carbons (Fsp3) is 1.00. The van der Waals surface area contributed by atoms with Crippen molar-refractivity contribution < 1.29 is 10.2 Å². The Morgan fingerprint density at radius 3 is 2.29 bits per heavy atom. The minimum Gasteiger partial charge on any atom is -0.392 e. The molecular formula is C12H22O2. The third-order valence-electron chi connectivity index (χ3n) is 5.42. The van der Waals surface area contributed by atoms with E-state index in [2.05, 4.69) is 6.92 Å². The summed E-state index contributed by atoms with van der Waals surface area (Å²) in [4.78, 5) is 0. The topological polar surface area (TPSA) is 40.5 Å². The van der Waals surface area contributed by atoms with Crippen LogP contribution in [0.25, 0.3) is 0 Å². The highest BCUT2D eigenvalue weighted by atomic mass is 16.3. The molecule has 1 unspecified atom stereocenters. The second-order valence-electron chi connectivity index (χ2n) is 5.96. The van der Waals surface area contributed by atoms with Crippen LogP contribution in [0.5, 0.6) is 0 Å². The van der Waals surface area contributed by atoms with Crippen molar-refractivity contribution in [3.63, 3.8) is 0 Å². The molecule has 0 aromatic heterocycles. The molecule has 0 amide bonds. The van der Waals surface area contributed by atoms with Crippen molar-refractivity contribution >= 4 is 0 Å². The van der Waals surface area contributed by atoms with Crippen molar-refractivity contribution in [2.24, 2.45) is 10.8 Å². The highest BCUT2D eigenvalue weighted by molar-refractivity contribution is 5.12. The van der Waals surface area contributed by atoms with Crippen LogP contribution in [0.3, 0.4) is 0 Å². The van der Waals surface area contributed by atoms with Crippen molar-refractivity contribution in [3.8, 4) is 0 Å². The number of hydrogen-bond acceptors (Lipinski definition) is 2. The number of aliphatic hydroxyl groups is 2. The second kappa shape index (κ2) is 2.73. The first-order valence-corrected chi connectivity index (χ1v) is 5.74. The van der Waals surface area contributed by atoms with E-state index in [1.165, 1.54) is 0 Å². The number of hydrogen-bond donors (Lipinski definition) is 2. The summed E-state index contributed by atoms with van der Waals surface area (Å²) in [6.45, 7) is 6.15. The van der Waals surface area contributed by atoms with Gasteiger partial charge in [-0.05, 0) is 38.0 Å². The first-order valence-electron chi connectivity index (χ1n) is 5.74. The number of fused-ring (bicyclic) bond motifs is 2. The lowest BCUT2D eigenvalue weighted by Crippen LogP contribution is -2.65. The molecule has 2 saturated carbocycles. The maximum Gasteiger partial charge on any atom is 0.0750 e. The van der Waals surface area contributed by atoms with Gasteiger partial charge in [0.15, 0.2) is 0 Å². The summed E-state index contributed by atoms with van der Waals surface area (Å²) in [5, 5.41) is 20.8. The third kappa shape index (κ3) is 0.989. The Bertz CT molecular complexity index is 246. The fourth-order valence-corrected chi connectivity index (χ4v) is 3.66. The lowest BCUT2D eigenvalue weighted by atomic mass is 9.46. The molecule has 0 spiro atoms. The molecule has 0 aliphatic heterocycles. The van der Waals surface area contributed by atoms with Gasteiger partial charge < -0.3 is 10.2 Å². The largest absolute Gasteiger partial charge is 0.392 e. The lowest BCUT2D eigenvalue weighted by Gasteiger charge is -2.62. The molecule has 0 radical (unpaired) electrons. The van der Waals surface area contributed by atoms with Crippen molar-refractivity contribution in [1.82, 2.24) is 0 Å². The average molecular weight is 198 g/mol. The Balaban J connectivity index is 2.44. The Morgan fingerprint density at radius 1 is 1.07 bits per heavy atom. The molecule has 2 bridgehead atoms. The predicted molar refractivity (Wildman–Crippen MR) is 55.9 cm³/mol. The van der Waals surface area contributed by atoms with Gasteiger partial charge in [-0.1, -0.05) is 20.3 Å². The minimum absolute atomic E-state index is 0.0131. The summed E-state index contributed by atoms with van der Waals surface area (Å²) in [5.41, 5.74) is -0.993. The third-order valence-corrected chi connectivity index (χ3v) is 5.42. The Kier molecular flexibility index (Phi) is 2.04. The standard InChI is InChI=1S/C12H22O2/c1-10-6-4-7-11(2,12(10,3)14)9(13)5-8-10/h9,13-14H,4-8H2,1-3H3/t9-,10-,11+,12?/m0/s1. The van der Waals surface area contributed by atoms with Crippen LogP contribution >= 0.6 is 0 Å². The molecule has 0 aromatic rings. The van der Waals surface area contributed by atoms with Gasteiger partial charge in [0.1, 0.15) is 0 Å². The molecule has 0 heterocycles. The van der Waals surface area contributed by atoms with Gasteiger partial charge in [-0.15, -0.1) is 0 Å². The smallest absolute Gasteiger partial charge is 0.0750 e. The molecule has 14 heavy (non-hydrogen) atoms. The molecule has 2 aliphatic carbocycles. The highest BCUT2D eigenvalue weighted by Crippen LogP contribution is 2.61.